The van der Waals surface area contributed by atoms with E-state index in [1.165, 1.54) is 0 Å². The average molecular weight is 242 g/mol. The molecule has 3 N–H and O–H groups in total. The van der Waals surface area contributed by atoms with E-state index in [0.29, 0.717) is 11.6 Å². The molecule has 0 spiro atoms. The first-order valence-electron chi connectivity index (χ1n) is 5.44. The van der Waals surface area contributed by atoms with Crippen LogP contribution in [0.25, 0.3) is 0 Å². The summed E-state index contributed by atoms with van der Waals surface area (Å²) < 4.78 is 0. The highest BCUT2D eigenvalue weighted by atomic mass is 35.5. The largest absolute Gasteiger partial charge is 0.508 e. The Labute approximate surface area is 100 Å². The number of aromatic hydroxyl groups is 1. The second kappa shape index (κ2) is 4.62. The summed E-state index contributed by atoms with van der Waals surface area (Å²) in [6.07, 6.45) is 2.16. The van der Waals surface area contributed by atoms with E-state index in [1.807, 2.05) is 0 Å². The molecular weight excluding hydrogens is 226 g/mol. The Morgan fingerprint density at radius 1 is 1.38 bits per heavy atom. The van der Waals surface area contributed by atoms with Crippen molar-refractivity contribution in [3.05, 3.63) is 28.8 Å². The van der Waals surface area contributed by atoms with Gasteiger partial charge in [-0.3, -0.25) is 0 Å². The minimum absolute atomic E-state index is 0.0915. The number of halogens is 1. The lowest BCUT2D eigenvalue weighted by atomic mass is 10.1. The lowest BCUT2D eigenvalue weighted by Gasteiger charge is -2.13. The average Bonchev–Trinajstić information content (AvgIpc) is 3.04. The predicted molar refractivity (Wildman–Crippen MR) is 63.6 cm³/mol. The Hall–Kier alpha value is -0.770. The zero-order valence-corrected chi connectivity index (χ0v) is 9.80. The molecule has 16 heavy (non-hydrogen) atoms. The summed E-state index contributed by atoms with van der Waals surface area (Å²) in [5.74, 6) is 0.255. The maximum Gasteiger partial charge on any atom is 0.120 e. The highest BCUT2D eigenvalue weighted by molar-refractivity contribution is 6.30. The van der Waals surface area contributed by atoms with Crippen LogP contribution in [0.15, 0.2) is 18.2 Å². The van der Waals surface area contributed by atoms with Crippen molar-refractivity contribution >= 4 is 11.6 Å². The molecule has 0 saturated heterocycles. The van der Waals surface area contributed by atoms with Gasteiger partial charge in [-0.2, -0.15) is 0 Å². The molecule has 1 aromatic carbocycles. The number of nitrogens with one attached hydrogen (secondary N) is 1. The summed E-state index contributed by atoms with van der Waals surface area (Å²) in [6, 6.07) is 5.01. The standard InChI is InChI=1S/C12H16ClNO2/c13-10-1-2-11(16)9(5-10)6-14-7-12(8-15)3-4-12/h1-2,5,14-16H,3-4,6-8H2. The van der Waals surface area contributed by atoms with Crippen LogP contribution in [0.1, 0.15) is 18.4 Å². The van der Waals surface area contributed by atoms with Crippen molar-refractivity contribution in [1.29, 1.82) is 0 Å². The second-order valence-corrected chi connectivity index (χ2v) is 4.97. The first-order valence-corrected chi connectivity index (χ1v) is 5.82. The number of aliphatic hydroxyl groups is 1. The highest BCUT2D eigenvalue weighted by Crippen LogP contribution is 2.44. The molecule has 0 amide bonds. The first-order chi connectivity index (χ1) is 7.65. The maximum absolute atomic E-state index is 9.59. The van der Waals surface area contributed by atoms with Gasteiger partial charge in [0, 0.05) is 35.7 Å². The Balaban J connectivity index is 1.87. The molecule has 0 radical (unpaired) electrons. The number of benzene rings is 1. The molecule has 88 valence electrons. The fourth-order valence-corrected chi connectivity index (χ4v) is 1.92. The SMILES string of the molecule is OCC1(CNCc2cc(Cl)ccc2O)CC1. The van der Waals surface area contributed by atoms with Crippen LogP contribution in [0.5, 0.6) is 5.75 Å². The molecule has 0 unspecified atom stereocenters. The lowest BCUT2D eigenvalue weighted by Crippen LogP contribution is -2.26. The number of hydrogen-bond acceptors (Lipinski definition) is 3. The van der Waals surface area contributed by atoms with Crippen molar-refractivity contribution in [2.45, 2.75) is 19.4 Å². The lowest BCUT2D eigenvalue weighted by molar-refractivity contribution is 0.207. The van der Waals surface area contributed by atoms with E-state index in [0.717, 1.165) is 24.9 Å². The molecule has 1 aliphatic carbocycles. The van der Waals surface area contributed by atoms with Gasteiger partial charge in [-0.1, -0.05) is 11.6 Å². The van der Waals surface area contributed by atoms with Crippen molar-refractivity contribution in [2.24, 2.45) is 5.41 Å². The molecule has 1 aliphatic rings. The van der Waals surface area contributed by atoms with Crippen molar-refractivity contribution in [3.8, 4) is 5.75 Å². The molecular formula is C12H16ClNO2. The van der Waals surface area contributed by atoms with E-state index in [9.17, 15) is 5.11 Å². The topological polar surface area (TPSA) is 52.5 Å². The zero-order valence-electron chi connectivity index (χ0n) is 9.04. The molecule has 0 atom stereocenters. The Morgan fingerprint density at radius 3 is 2.75 bits per heavy atom. The quantitative estimate of drug-likeness (QED) is 0.738. The molecule has 0 aliphatic heterocycles. The third-order valence-corrected chi connectivity index (χ3v) is 3.38. The van der Waals surface area contributed by atoms with Crippen LogP contribution >= 0.6 is 11.6 Å². The van der Waals surface area contributed by atoms with Gasteiger partial charge in [0.2, 0.25) is 0 Å². The van der Waals surface area contributed by atoms with Gasteiger partial charge in [-0.25, -0.2) is 0 Å². The van der Waals surface area contributed by atoms with Gasteiger partial charge in [-0.05, 0) is 31.0 Å². The molecule has 0 bridgehead atoms. The van der Waals surface area contributed by atoms with Crippen molar-refractivity contribution in [2.75, 3.05) is 13.2 Å². The van der Waals surface area contributed by atoms with E-state index in [1.54, 1.807) is 18.2 Å². The Kier molecular flexibility index (Phi) is 3.38. The third-order valence-electron chi connectivity index (χ3n) is 3.15. The van der Waals surface area contributed by atoms with Crippen molar-refractivity contribution in [1.82, 2.24) is 5.32 Å². The van der Waals surface area contributed by atoms with Crippen LogP contribution in [0.3, 0.4) is 0 Å². The fraction of sp³-hybridized carbons (Fsp3) is 0.500. The smallest absolute Gasteiger partial charge is 0.120 e. The van der Waals surface area contributed by atoms with E-state index < -0.39 is 0 Å². The van der Waals surface area contributed by atoms with Gasteiger partial charge >= 0.3 is 0 Å². The van der Waals surface area contributed by atoms with Crippen LogP contribution < -0.4 is 5.32 Å². The van der Waals surface area contributed by atoms with Gasteiger partial charge in [0.25, 0.3) is 0 Å². The number of aliphatic hydroxyl groups excluding tert-OH is 1. The van der Waals surface area contributed by atoms with Crippen LogP contribution in [0.4, 0.5) is 0 Å². The van der Waals surface area contributed by atoms with Crippen LogP contribution in [0.2, 0.25) is 5.02 Å². The summed E-state index contributed by atoms with van der Waals surface area (Å²) in [5.41, 5.74) is 0.884. The van der Waals surface area contributed by atoms with Gasteiger partial charge < -0.3 is 15.5 Å². The van der Waals surface area contributed by atoms with Gasteiger partial charge in [0.1, 0.15) is 5.75 Å². The molecule has 1 aromatic rings. The van der Waals surface area contributed by atoms with E-state index in [2.05, 4.69) is 5.32 Å². The molecule has 0 aromatic heterocycles. The first kappa shape index (κ1) is 11.7. The van der Waals surface area contributed by atoms with E-state index >= 15 is 0 Å². The molecule has 4 heteroatoms. The number of hydrogen-bond donors (Lipinski definition) is 3. The summed E-state index contributed by atoms with van der Waals surface area (Å²) in [4.78, 5) is 0. The Morgan fingerprint density at radius 2 is 2.12 bits per heavy atom. The summed E-state index contributed by atoms with van der Waals surface area (Å²) >= 11 is 5.85. The number of phenols is 1. The highest BCUT2D eigenvalue weighted by Gasteiger charge is 2.41. The third kappa shape index (κ3) is 2.67. The minimum Gasteiger partial charge on any atom is -0.508 e. The van der Waals surface area contributed by atoms with Gasteiger partial charge in [-0.15, -0.1) is 0 Å². The summed E-state index contributed by atoms with van der Waals surface area (Å²) in [6.45, 7) is 1.60. The normalized spacial score (nSPS) is 17.4. The summed E-state index contributed by atoms with van der Waals surface area (Å²) in [7, 11) is 0. The zero-order chi connectivity index (χ0) is 11.6. The van der Waals surface area contributed by atoms with E-state index in [-0.39, 0.29) is 17.8 Å². The monoisotopic (exact) mass is 241 g/mol. The van der Waals surface area contributed by atoms with Gasteiger partial charge in [0.05, 0.1) is 0 Å². The van der Waals surface area contributed by atoms with E-state index in [4.69, 9.17) is 16.7 Å². The number of phenolic OH excluding ortho intramolecular Hbond substituents is 1. The van der Waals surface area contributed by atoms with Crippen molar-refractivity contribution in [3.63, 3.8) is 0 Å². The fourth-order valence-electron chi connectivity index (χ4n) is 1.73. The second-order valence-electron chi connectivity index (χ2n) is 4.53. The molecule has 0 heterocycles. The molecule has 1 fully saturated rings. The predicted octanol–water partition coefficient (Wildman–Crippen LogP) is 1.91. The summed E-state index contributed by atoms with van der Waals surface area (Å²) in [5, 5.41) is 22.6. The van der Waals surface area contributed by atoms with Crippen LogP contribution in [-0.2, 0) is 6.54 Å². The van der Waals surface area contributed by atoms with Gasteiger partial charge in [0.15, 0.2) is 0 Å². The molecule has 2 rings (SSSR count). The van der Waals surface area contributed by atoms with Crippen molar-refractivity contribution < 1.29 is 10.2 Å². The van der Waals surface area contributed by atoms with Crippen LogP contribution in [-0.4, -0.2) is 23.4 Å². The molecule has 1 saturated carbocycles. The van der Waals surface area contributed by atoms with Crippen LogP contribution in [0, 0.1) is 5.41 Å². The minimum atomic E-state index is 0.0915. The Bertz CT molecular complexity index is 377. The number of rotatable bonds is 5. The molecule has 3 nitrogen and oxygen atoms in total. The maximum atomic E-state index is 9.59.